The van der Waals surface area contributed by atoms with Gasteiger partial charge in [-0.05, 0) is 30.1 Å². The molecule has 0 fully saturated rings. The average molecular weight is 260 g/mol. The lowest BCUT2D eigenvalue weighted by Gasteiger charge is -2.11. The first-order valence-electron chi connectivity index (χ1n) is 5.76. The second-order valence-corrected chi connectivity index (χ2v) is 5.12. The normalized spacial score (nSPS) is 22.4. The minimum Gasteiger partial charge on any atom is -0.481 e. The number of hydrogen-bond donors (Lipinski definition) is 2. The molecular weight excluding hydrogens is 248 g/mol. The molecule has 0 saturated carbocycles. The highest BCUT2D eigenvalue weighted by Gasteiger charge is 2.24. The fraction of sp³-hybridized carbons (Fsp3) is 0.231. The van der Waals surface area contributed by atoms with Crippen molar-refractivity contribution < 1.29 is 9.90 Å². The van der Waals surface area contributed by atoms with Gasteiger partial charge in [-0.1, -0.05) is 24.3 Å². The molecule has 0 bridgehead atoms. The molecule has 1 aromatic heterocycles. The van der Waals surface area contributed by atoms with E-state index in [1.54, 1.807) is 6.08 Å². The Morgan fingerprint density at radius 3 is 3.00 bits per heavy atom. The second-order valence-electron chi connectivity index (χ2n) is 4.35. The molecule has 3 rings (SSSR count). The Morgan fingerprint density at radius 1 is 1.39 bits per heavy atom. The molecule has 2 N–H and O–H groups in total. The number of aliphatic carboxylic acids is 1. The molecule has 1 heterocycles. The highest BCUT2D eigenvalue weighted by atomic mass is 32.1. The highest BCUT2D eigenvalue weighted by molar-refractivity contribution is 7.11. The summed E-state index contributed by atoms with van der Waals surface area (Å²) in [5.41, 5.74) is 0.974. The van der Waals surface area contributed by atoms with Crippen LogP contribution in [0, 0.1) is 5.92 Å². The Morgan fingerprint density at radius 2 is 2.22 bits per heavy atom. The maximum Gasteiger partial charge on any atom is 0.310 e. The second kappa shape index (κ2) is 4.42. The summed E-state index contributed by atoms with van der Waals surface area (Å²) in [6.07, 6.45) is 4.28. The summed E-state index contributed by atoms with van der Waals surface area (Å²) in [4.78, 5) is 10.9. The number of carboxylic acid groups (broad SMARTS) is 1. The quantitative estimate of drug-likeness (QED) is 0.833. The van der Waals surface area contributed by atoms with Gasteiger partial charge in [0, 0.05) is 11.4 Å². The zero-order chi connectivity index (χ0) is 12.5. The van der Waals surface area contributed by atoms with Crippen molar-refractivity contribution in [2.24, 2.45) is 5.92 Å². The van der Waals surface area contributed by atoms with Gasteiger partial charge >= 0.3 is 5.97 Å². The van der Waals surface area contributed by atoms with Crippen LogP contribution in [0.5, 0.6) is 0 Å². The van der Waals surface area contributed by atoms with Crippen LogP contribution in [0.25, 0.3) is 10.9 Å². The van der Waals surface area contributed by atoms with Gasteiger partial charge in [0.05, 0.1) is 11.4 Å². The number of anilines is 1. The Bertz CT molecular complexity index is 620. The van der Waals surface area contributed by atoms with Crippen molar-refractivity contribution in [1.29, 1.82) is 0 Å². The maximum absolute atomic E-state index is 10.9. The largest absolute Gasteiger partial charge is 0.481 e. The number of aromatic nitrogens is 1. The Kier molecular flexibility index (Phi) is 2.76. The van der Waals surface area contributed by atoms with Gasteiger partial charge in [-0.2, -0.15) is 4.37 Å². The lowest BCUT2D eigenvalue weighted by molar-refractivity contribution is -0.140. The van der Waals surface area contributed by atoms with Crippen molar-refractivity contribution in [2.45, 2.75) is 12.5 Å². The number of rotatable bonds is 3. The standard InChI is InChI=1S/C13H12N2O2S/c16-13(17)8-5-6-9(7-8)14-12-10-3-1-2-4-11(10)15-18-12/h1-6,8-9,14H,7H2,(H,16,17). The molecule has 0 spiro atoms. The topological polar surface area (TPSA) is 62.2 Å². The summed E-state index contributed by atoms with van der Waals surface area (Å²) in [7, 11) is 0. The van der Waals surface area contributed by atoms with Crippen molar-refractivity contribution in [2.75, 3.05) is 5.32 Å². The van der Waals surface area contributed by atoms with E-state index in [4.69, 9.17) is 5.11 Å². The van der Waals surface area contributed by atoms with Gasteiger partial charge in [0.25, 0.3) is 0 Å². The van der Waals surface area contributed by atoms with Gasteiger partial charge in [0.1, 0.15) is 5.00 Å². The first-order valence-corrected chi connectivity index (χ1v) is 6.53. The van der Waals surface area contributed by atoms with Crippen LogP contribution < -0.4 is 5.32 Å². The minimum atomic E-state index is -0.760. The molecule has 0 saturated heterocycles. The van der Waals surface area contributed by atoms with Crippen LogP contribution in [0.2, 0.25) is 0 Å². The number of hydrogen-bond acceptors (Lipinski definition) is 4. The van der Waals surface area contributed by atoms with Crippen LogP contribution in [-0.2, 0) is 4.79 Å². The fourth-order valence-electron chi connectivity index (χ4n) is 2.15. The van der Waals surface area contributed by atoms with E-state index in [0.717, 1.165) is 15.9 Å². The molecule has 1 aromatic carbocycles. The molecule has 5 heteroatoms. The van der Waals surface area contributed by atoms with E-state index < -0.39 is 5.97 Å². The van der Waals surface area contributed by atoms with E-state index in [2.05, 4.69) is 9.69 Å². The Balaban J connectivity index is 1.78. The minimum absolute atomic E-state index is 0.0787. The molecule has 18 heavy (non-hydrogen) atoms. The van der Waals surface area contributed by atoms with E-state index in [9.17, 15) is 4.79 Å². The van der Waals surface area contributed by atoms with Gasteiger partial charge in [-0.25, -0.2) is 0 Å². The lowest BCUT2D eigenvalue weighted by Crippen LogP contribution is -2.18. The molecular formula is C13H12N2O2S. The zero-order valence-corrected chi connectivity index (χ0v) is 10.4. The van der Waals surface area contributed by atoms with Crippen molar-refractivity contribution in [3.8, 4) is 0 Å². The van der Waals surface area contributed by atoms with Crippen LogP contribution in [0.1, 0.15) is 6.42 Å². The number of benzene rings is 1. The predicted octanol–water partition coefficient (Wildman–Crippen LogP) is 2.74. The van der Waals surface area contributed by atoms with E-state index in [-0.39, 0.29) is 12.0 Å². The van der Waals surface area contributed by atoms with Gasteiger partial charge < -0.3 is 10.4 Å². The first-order chi connectivity index (χ1) is 8.74. The van der Waals surface area contributed by atoms with Crippen LogP contribution in [-0.4, -0.2) is 21.5 Å². The summed E-state index contributed by atoms with van der Waals surface area (Å²) >= 11 is 1.42. The molecule has 1 aliphatic rings. The van der Waals surface area contributed by atoms with Crippen molar-refractivity contribution >= 4 is 33.4 Å². The lowest BCUT2D eigenvalue weighted by atomic mass is 10.1. The third-order valence-electron chi connectivity index (χ3n) is 3.10. The maximum atomic E-state index is 10.9. The van der Waals surface area contributed by atoms with Crippen molar-refractivity contribution in [3.63, 3.8) is 0 Å². The molecule has 92 valence electrons. The van der Waals surface area contributed by atoms with Crippen molar-refractivity contribution in [3.05, 3.63) is 36.4 Å². The monoisotopic (exact) mass is 260 g/mol. The summed E-state index contributed by atoms with van der Waals surface area (Å²) in [6.45, 7) is 0. The fourth-order valence-corrected chi connectivity index (χ4v) is 2.97. The van der Waals surface area contributed by atoms with E-state index in [0.29, 0.717) is 6.42 Å². The van der Waals surface area contributed by atoms with Crippen LogP contribution in [0.15, 0.2) is 36.4 Å². The van der Waals surface area contributed by atoms with Gasteiger partial charge in [0.15, 0.2) is 0 Å². The van der Waals surface area contributed by atoms with Gasteiger partial charge in [0.2, 0.25) is 0 Å². The molecule has 0 amide bonds. The smallest absolute Gasteiger partial charge is 0.310 e. The van der Waals surface area contributed by atoms with E-state index >= 15 is 0 Å². The molecule has 2 atom stereocenters. The molecule has 1 aliphatic carbocycles. The third kappa shape index (κ3) is 1.97. The SMILES string of the molecule is O=C(O)C1C=CC(Nc2snc3ccccc23)C1. The molecule has 0 radical (unpaired) electrons. The van der Waals surface area contributed by atoms with Crippen molar-refractivity contribution in [1.82, 2.24) is 4.37 Å². The number of carboxylic acids is 1. The number of fused-ring (bicyclic) bond motifs is 1. The van der Waals surface area contributed by atoms with Gasteiger partial charge in [-0.15, -0.1) is 0 Å². The number of carbonyl (C=O) groups is 1. The number of nitrogens with one attached hydrogen (secondary N) is 1. The molecule has 2 unspecified atom stereocenters. The summed E-state index contributed by atoms with van der Waals surface area (Å²) < 4.78 is 4.35. The van der Waals surface area contributed by atoms with E-state index in [1.807, 2.05) is 30.3 Å². The molecule has 4 nitrogen and oxygen atoms in total. The first kappa shape index (κ1) is 11.2. The van der Waals surface area contributed by atoms with Gasteiger partial charge in [-0.3, -0.25) is 4.79 Å². The van der Waals surface area contributed by atoms with Crippen LogP contribution >= 0.6 is 11.5 Å². The summed E-state index contributed by atoms with van der Waals surface area (Å²) in [6, 6.07) is 8.01. The molecule has 2 aromatic rings. The number of nitrogens with zero attached hydrogens (tertiary/aromatic N) is 1. The average Bonchev–Trinajstić information content (AvgIpc) is 2.98. The molecule has 0 aliphatic heterocycles. The van der Waals surface area contributed by atoms with Crippen LogP contribution in [0.4, 0.5) is 5.00 Å². The highest BCUT2D eigenvalue weighted by Crippen LogP contribution is 2.30. The summed E-state index contributed by atoms with van der Waals surface area (Å²) in [5.74, 6) is -1.13. The third-order valence-corrected chi connectivity index (χ3v) is 3.91. The Labute approximate surface area is 108 Å². The Hall–Kier alpha value is -1.88. The predicted molar refractivity (Wildman–Crippen MR) is 71.9 cm³/mol. The van der Waals surface area contributed by atoms with E-state index in [1.165, 1.54) is 11.5 Å². The zero-order valence-electron chi connectivity index (χ0n) is 9.54. The van der Waals surface area contributed by atoms with Crippen LogP contribution in [0.3, 0.4) is 0 Å². The summed E-state index contributed by atoms with van der Waals surface area (Å²) in [5, 5.41) is 14.4.